The highest BCUT2D eigenvalue weighted by molar-refractivity contribution is 6.14. The third-order valence-corrected chi connectivity index (χ3v) is 1.95. The third kappa shape index (κ3) is 2.58. The summed E-state index contributed by atoms with van der Waals surface area (Å²) < 4.78 is 0. The van der Waals surface area contributed by atoms with E-state index in [4.69, 9.17) is 11.0 Å². The quantitative estimate of drug-likeness (QED) is 0.750. The molecule has 5 nitrogen and oxygen atoms in total. The van der Waals surface area contributed by atoms with Crippen molar-refractivity contribution < 1.29 is 9.59 Å². The topological polar surface area (TPSA) is 87.2 Å². The molecule has 0 unspecified atom stereocenters. The Morgan fingerprint density at radius 3 is 2.38 bits per heavy atom. The molecule has 0 heterocycles. The molecule has 0 aliphatic heterocycles. The first kappa shape index (κ1) is 11.7. The van der Waals surface area contributed by atoms with Gasteiger partial charge in [-0.25, -0.2) is 4.90 Å². The molecule has 0 saturated heterocycles. The maximum atomic E-state index is 11.5. The SMILES string of the molecule is CC(=O)N(C(=O)CC#N)c1ccc(N)cc1. The Labute approximate surface area is 93.1 Å². The first-order chi connectivity index (χ1) is 7.56. The molecule has 16 heavy (non-hydrogen) atoms. The monoisotopic (exact) mass is 217 g/mol. The van der Waals surface area contributed by atoms with Crippen molar-refractivity contribution in [3.8, 4) is 6.07 Å². The normalized spacial score (nSPS) is 9.25. The van der Waals surface area contributed by atoms with Crippen LogP contribution >= 0.6 is 0 Å². The van der Waals surface area contributed by atoms with Crippen molar-refractivity contribution >= 4 is 23.2 Å². The maximum Gasteiger partial charge on any atom is 0.247 e. The molecule has 1 aromatic rings. The number of amides is 2. The van der Waals surface area contributed by atoms with Gasteiger partial charge in [0.05, 0.1) is 11.8 Å². The van der Waals surface area contributed by atoms with Crippen molar-refractivity contribution in [2.75, 3.05) is 10.6 Å². The lowest BCUT2D eigenvalue weighted by atomic mass is 10.2. The van der Waals surface area contributed by atoms with Gasteiger partial charge in [0.1, 0.15) is 6.42 Å². The van der Waals surface area contributed by atoms with E-state index in [0.717, 1.165) is 4.90 Å². The summed E-state index contributed by atoms with van der Waals surface area (Å²) in [5.41, 5.74) is 6.46. The average Bonchev–Trinajstić information content (AvgIpc) is 2.21. The summed E-state index contributed by atoms with van der Waals surface area (Å²) in [4.78, 5) is 23.8. The van der Waals surface area contributed by atoms with Gasteiger partial charge in [-0.1, -0.05) is 0 Å². The molecule has 1 aromatic carbocycles. The number of rotatable bonds is 2. The minimum atomic E-state index is -0.542. The second-order valence-electron chi connectivity index (χ2n) is 3.17. The maximum absolute atomic E-state index is 11.5. The van der Waals surface area contributed by atoms with Gasteiger partial charge in [0, 0.05) is 12.6 Å². The smallest absolute Gasteiger partial charge is 0.247 e. The van der Waals surface area contributed by atoms with Crippen LogP contribution in [0.15, 0.2) is 24.3 Å². The number of hydrogen-bond acceptors (Lipinski definition) is 4. The van der Waals surface area contributed by atoms with E-state index >= 15 is 0 Å². The van der Waals surface area contributed by atoms with Gasteiger partial charge in [0.25, 0.3) is 0 Å². The van der Waals surface area contributed by atoms with Crippen molar-refractivity contribution in [3.63, 3.8) is 0 Å². The van der Waals surface area contributed by atoms with Crippen molar-refractivity contribution in [2.45, 2.75) is 13.3 Å². The Morgan fingerprint density at radius 1 is 1.38 bits per heavy atom. The highest BCUT2D eigenvalue weighted by Crippen LogP contribution is 2.17. The molecule has 0 aromatic heterocycles. The van der Waals surface area contributed by atoms with Crippen molar-refractivity contribution in [1.29, 1.82) is 5.26 Å². The van der Waals surface area contributed by atoms with Crippen LogP contribution in [0.4, 0.5) is 11.4 Å². The summed E-state index contributed by atoms with van der Waals surface area (Å²) in [6, 6.07) is 8.02. The van der Waals surface area contributed by atoms with Gasteiger partial charge in [-0.15, -0.1) is 0 Å². The first-order valence-electron chi connectivity index (χ1n) is 4.62. The molecule has 0 aliphatic carbocycles. The summed E-state index contributed by atoms with van der Waals surface area (Å²) in [5.74, 6) is -0.968. The molecular formula is C11H11N3O2. The molecule has 0 radical (unpaired) electrons. The number of imide groups is 1. The molecule has 5 heteroatoms. The fourth-order valence-electron chi connectivity index (χ4n) is 1.27. The average molecular weight is 217 g/mol. The number of hydrogen-bond donors (Lipinski definition) is 1. The number of nitrogens with two attached hydrogens (primary N) is 1. The minimum Gasteiger partial charge on any atom is -0.399 e. The van der Waals surface area contributed by atoms with Crippen LogP contribution < -0.4 is 10.6 Å². The highest BCUT2D eigenvalue weighted by Gasteiger charge is 2.19. The molecule has 2 amide bonds. The molecule has 2 N–H and O–H groups in total. The molecule has 1 rings (SSSR count). The van der Waals surface area contributed by atoms with E-state index in [1.807, 2.05) is 0 Å². The van der Waals surface area contributed by atoms with Crippen molar-refractivity contribution in [1.82, 2.24) is 0 Å². The van der Waals surface area contributed by atoms with Crippen LogP contribution in [0, 0.1) is 11.3 Å². The van der Waals surface area contributed by atoms with Crippen LogP contribution in [0.1, 0.15) is 13.3 Å². The zero-order valence-corrected chi connectivity index (χ0v) is 8.80. The lowest BCUT2D eigenvalue weighted by Crippen LogP contribution is -2.34. The lowest BCUT2D eigenvalue weighted by molar-refractivity contribution is -0.124. The van der Waals surface area contributed by atoms with Gasteiger partial charge in [-0.05, 0) is 24.3 Å². The number of nitriles is 1. The van der Waals surface area contributed by atoms with Gasteiger partial charge in [0.2, 0.25) is 11.8 Å². The fourth-order valence-corrected chi connectivity index (χ4v) is 1.27. The molecule has 0 saturated carbocycles. The highest BCUT2D eigenvalue weighted by atomic mass is 16.2. The Bertz CT molecular complexity index is 445. The van der Waals surface area contributed by atoms with E-state index in [2.05, 4.69) is 0 Å². The van der Waals surface area contributed by atoms with Crippen molar-refractivity contribution in [2.24, 2.45) is 0 Å². The van der Waals surface area contributed by atoms with E-state index < -0.39 is 11.8 Å². The first-order valence-corrected chi connectivity index (χ1v) is 4.62. The summed E-state index contributed by atoms with van der Waals surface area (Å²) in [6.07, 6.45) is -0.329. The minimum absolute atomic E-state index is 0.329. The number of benzene rings is 1. The number of nitrogen functional groups attached to an aromatic ring is 1. The lowest BCUT2D eigenvalue weighted by Gasteiger charge is -2.17. The molecule has 82 valence electrons. The van der Waals surface area contributed by atoms with Crippen LogP contribution in [-0.2, 0) is 9.59 Å². The number of anilines is 2. The second kappa shape index (κ2) is 4.94. The molecule has 0 spiro atoms. The van der Waals surface area contributed by atoms with Gasteiger partial charge in [-0.3, -0.25) is 9.59 Å². The van der Waals surface area contributed by atoms with Crippen LogP contribution in [0.25, 0.3) is 0 Å². The van der Waals surface area contributed by atoms with Crippen LogP contribution in [0.2, 0.25) is 0 Å². The van der Waals surface area contributed by atoms with E-state index in [1.54, 1.807) is 30.3 Å². The molecular weight excluding hydrogens is 206 g/mol. The Morgan fingerprint density at radius 2 is 1.94 bits per heavy atom. The van der Waals surface area contributed by atoms with Crippen molar-refractivity contribution in [3.05, 3.63) is 24.3 Å². The van der Waals surface area contributed by atoms with Crippen LogP contribution in [-0.4, -0.2) is 11.8 Å². The van der Waals surface area contributed by atoms with Gasteiger partial charge < -0.3 is 5.73 Å². The summed E-state index contributed by atoms with van der Waals surface area (Å²) in [5, 5.41) is 8.43. The van der Waals surface area contributed by atoms with Crippen LogP contribution in [0.5, 0.6) is 0 Å². The predicted molar refractivity (Wildman–Crippen MR) is 59.3 cm³/mol. The number of nitrogens with zero attached hydrogens (tertiary/aromatic N) is 2. The number of carbonyl (C=O) groups excluding carboxylic acids is 2. The predicted octanol–water partition coefficient (Wildman–Crippen LogP) is 1.06. The van der Waals surface area contributed by atoms with E-state index in [0.29, 0.717) is 11.4 Å². The Kier molecular flexibility index (Phi) is 3.62. The second-order valence-corrected chi connectivity index (χ2v) is 3.17. The fraction of sp³-hybridized carbons (Fsp3) is 0.182. The zero-order chi connectivity index (χ0) is 12.1. The third-order valence-electron chi connectivity index (χ3n) is 1.95. The Balaban J connectivity index is 3.04. The molecule has 0 fully saturated rings. The molecule has 0 atom stereocenters. The Hall–Kier alpha value is -2.35. The summed E-state index contributed by atoms with van der Waals surface area (Å²) in [7, 11) is 0. The van der Waals surface area contributed by atoms with E-state index in [9.17, 15) is 9.59 Å². The van der Waals surface area contributed by atoms with E-state index in [-0.39, 0.29) is 6.42 Å². The van der Waals surface area contributed by atoms with Crippen LogP contribution in [0.3, 0.4) is 0 Å². The summed E-state index contributed by atoms with van der Waals surface area (Å²) >= 11 is 0. The van der Waals surface area contributed by atoms with Gasteiger partial charge >= 0.3 is 0 Å². The standard InChI is InChI=1S/C11H11N3O2/c1-8(15)14(11(16)6-7-12)10-4-2-9(13)3-5-10/h2-5H,6,13H2,1H3. The zero-order valence-electron chi connectivity index (χ0n) is 8.80. The van der Waals surface area contributed by atoms with E-state index in [1.165, 1.54) is 6.92 Å². The largest absolute Gasteiger partial charge is 0.399 e. The number of carbonyl (C=O) groups is 2. The summed E-state index contributed by atoms with van der Waals surface area (Å²) in [6.45, 7) is 1.27. The van der Waals surface area contributed by atoms with Gasteiger partial charge in [-0.2, -0.15) is 5.26 Å². The molecule has 0 aliphatic rings. The van der Waals surface area contributed by atoms with Gasteiger partial charge in [0.15, 0.2) is 0 Å². The molecule has 0 bridgehead atoms.